The maximum atomic E-state index is 12.4. The fraction of sp³-hybridized carbons (Fsp3) is 0.910. The zero-order valence-electron chi connectivity index (χ0n) is 91.5. The summed E-state index contributed by atoms with van der Waals surface area (Å²) in [5.74, 6) is 19.8. The van der Waals surface area contributed by atoms with Gasteiger partial charge in [0.25, 0.3) is 0 Å². The van der Waals surface area contributed by atoms with E-state index < -0.39 is 0 Å². The zero-order valence-corrected chi connectivity index (χ0v) is 91.5. The van der Waals surface area contributed by atoms with Crippen molar-refractivity contribution in [3.05, 3.63) is 0 Å². The third-order valence-electron chi connectivity index (χ3n) is 38.0. The van der Waals surface area contributed by atoms with Crippen molar-refractivity contribution in [2.45, 2.75) is 364 Å². The lowest BCUT2D eigenvalue weighted by Gasteiger charge is -2.39. The number of hydrogen-bond acceptors (Lipinski definition) is 20. The Morgan fingerprint density at radius 2 is 0.574 bits per heavy atom. The van der Waals surface area contributed by atoms with Gasteiger partial charge in [-0.15, -0.1) is 0 Å². The number of hydrogen-bond donors (Lipinski definition) is 11. The lowest BCUT2D eigenvalue weighted by molar-refractivity contribution is -0.139. The minimum Gasteiger partial charge on any atom is -0.354 e. The van der Waals surface area contributed by atoms with Gasteiger partial charge in [-0.2, -0.15) is 0 Å². The molecule has 0 aromatic rings. The van der Waals surface area contributed by atoms with Crippen LogP contribution >= 0.6 is 0 Å². The van der Waals surface area contributed by atoms with Crippen LogP contribution in [0.1, 0.15) is 269 Å². The summed E-state index contributed by atoms with van der Waals surface area (Å²) in [5, 5.41) is 34.4. The first-order valence-corrected chi connectivity index (χ1v) is 57.0. The smallest absolute Gasteiger partial charge is 0.240 e. The topological polar surface area (TPSA) is 332 Å². The largest absolute Gasteiger partial charge is 0.354 e. The number of likely N-dealkylation sites (tertiary alicyclic amines) is 9. The second kappa shape index (κ2) is 48.7. The molecule has 13 saturated carbocycles. The Bertz CT molecular complexity index is 4110. The highest BCUT2D eigenvalue weighted by atomic mass is 16.2. The second-order valence-electron chi connectivity index (χ2n) is 50.4. The normalized spacial score (nSPS) is 38.5. The van der Waals surface area contributed by atoms with Gasteiger partial charge in [-0.25, -0.2) is 0 Å². The van der Waals surface area contributed by atoms with Gasteiger partial charge in [0.1, 0.15) is 0 Å². The van der Waals surface area contributed by atoms with Gasteiger partial charge in [0.05, 0.1) is 60.4 Å². The summed E-state index contributed by atoms with van der Waals surface area (Å²) >= 11 is 0. The van der Waals surface area contributed by atoms with Crippen LogP contribution in [0.15, 0.2) is 0 Å². The number of carbonyl (C=O) groups excluding carboxylic acids is 10. The van der Waals surface area contributed by atoms with Crippen molar-refractivity contribution in [3.63, 3.8) is 0 Å². The molecule has 0 aromatic carbocycles. The summed E-state index contributed by atoms with van der Waals surface area (Å²) < 4.78 is 0. The SMILES string of the molecule is CCC(C)(C)N1CC2CC2CC(NC)C1=O.CCN1CC2CC2CC(NC)C1=O.CNC1CC2CC2CN(C(C)(C)C)C1=O.CNC1CC2CC2CN(C(C)C)C1=O.CNC1CC2CC2CN(C)C1=O.CNC1CC2CC2CN(C2CC2)C1=O.CNC1CC2CC2CN(C2CCC2)C1=O.CNC1CC2CC2CN(C2CCCC2)C1=O.CNC1CC2CC2CN(CC(C)C)C1=O.CNC1CC2CC2CNC1=O. The number of nitrogens with zero attached hydrogens (tertiary/aromatic N) is 9. The number of likely N-dealkylation sites (N-methyl/N-ethyl adjacent to an activating group) is 12. The summed E-state index contributed by atoms with van der Waals surface area (Å²) in [6.07, 6.45) is 36.2. The van der Waals surface area contributed by atoms with Gasteiger partial charge in [-0.3, -0.25) is 47.9 Å². The third kappa shape index (κ3) is 29.1. The molecular weight excluding hydrogens is 1770 g/mol. The second-order valence-corrected chi connectivity index (χ2v) is 50.4. The monoisotopic (exact) mass is 1970 g/mol. The molecule has 30 unspecified atom stereocenters. The summed E-state index contributed by atoms with van der Waals surface area (Å²) in [6.45, 7) is 35.3. The van der Waals surface area contributed by atoms with Gasteiger partial charge in [-0.05, 0) is 430 Å². The third-order valence-corrected chi connectivity index (χ3v) is 38.0. The highest BCUT2D eigenvalue weighted by Crippen LogP contribution is 2.54. The van der Waals surface area contributed by atoms with Crippen molar-refractivity contribution < 1.29 is 47.9 Å². The molecule has 800 valence electrons. The number of amides is 10. The Hall–Kier alpha value is -5.70. The van der Waals surface area contributed by atoms with Gasteiger partial charge in [-0.1, -0.05) is 33.6 Å². The standard InChI is InChI=1S/C13H22N2O.C13H24N2O.C12H20N2O.2C12H22N2O.C11H18N2O.C11H20N2O.C10H18N2O.C9H16N2O.C8H14N2O/c1-14-12-7-9-6-10(9)8-15(13(12)16)11-4-2-3-5-11;1-5-13(2,3)15-8-10-6-9(10)7-11(14-4)12(15)16;1-13-11-6-8-5-9(8)7-14(12(11)15)10-3-2-4-10;1-12(2,3)14-7-9-5-8(9)6-10(13-4)11(14)15;1-8(2)6-14-7-10-4-9(10)5-11(13-3)12(14)15;1-12-10-5-7-4-8(7)6-13(11(10)14)9-2-3-9;1-7(2)13-6-9-4-8(9)5-10(12-3)11(13)14;1-3-12-6-8-4-7(8)5-9(11-2)10(12)13;1-10-8-4-6-3-7(6)5-11(2)9(8)12;1-9-7-3-5-2-6(5)4-10-8(7)11/h9-12,14H,2-8H2,1H3;9-11,14H,5-8H2,1-4H3;8-11,13H,2-7H2,1H3;8-10,13H,5-7H2,1-4H3;8-11,13H,4-7H2,1-3H3;7-10,12H,2-6H2,1H3;7-10,12H,4-6H2,1-3H3;7-9,11H,3-6H2,1-2H3;6-8,10H,3-5H2,1-2H3;5-7,9H,2-4H2,1H3,(H,10,11). The molecule has 0 radical (unpaired) electrons. The van der Waals surface area contributed by atoms with Crippen LogP contribution in [0.2, 0.25) is 0 Å². The summed E-state index contributed by atoms with van der Waals surface area (Å²) in [7, 11) is 20.9. The fourth-order valence-corrected chi connectivity index (χ4v) is 26.1. The molecule has 23 aliphatic rings. The minimum absolute atomic E-state index is 0.00363. The van der Waals surface area contributed by atoms with E-state index in [1.54, 1.807) is 0 Å². The maximum Gasteiger partial charge on any atom is 0.240 e. The molecule has 30 heteroatoms. The molecule has 11 N–H and O–H groups in total. The molecule has 10 saturated heterocycles. The predicted molar refractivity (Wildman–Crippen MR) is 557 cm³/mol. The average molecular weight is 1970 g/mol. The highest BCUT2D eigenvalue weighted by Gasteiger charge is 2.56. The Balaban J connectivity index is 0.000000125. The molecule has 0 spiro atoms. The van der Waals surface area contributed by atoms with Crippen molar-refractivity contribution in [1.29, 1.82) is 0 Å². The Morgan fingerprint density at radius 3 is 0.915 bits per heavy atom. The van der Waals surface area contributed by atoms with Crippen LogP contribution in [0.5, 0.6) is 0 Å². The molecule has 0 aromatic heterocycles. The molecule has 10 aliphatic heterocycles. The van der Waals surface area contributed by atoms with Gasteiger partial charge in [0, 0.05) is 121 Å². The van der Waals surface area contributed by atoms with E-state index in [-0.39, 0.29) is 89.2 Å². The van der Waals surface area contributed by atoms with Gasteiger partial charge in [0.2, 0.25) is 59.1 Å². The van der Waals surface area contributed by atoms with E-state index in [2.05, 4.69) is 164 Å². The average Bonchev–Trinajstić information content (AvgIpc) is 1.60. The van der Waals surface area contributed by atoms with Crippen molar-refractivity contribution in [2.24, 2.45) is 124 Å². The van der Waals surface area contributed by atoms with E-state index in [1.807, 2.05) is 92.2 Å². The van der Waals surface area contributed by atoms with E-state index >= 15 is 0 Å². The van der Waals surface area contributed by atoms with Crippen LogP contribution in [0.3, 0.4) is 0 Å². The Kier molecular flexibility index (Phi) is 38.3. The van der Waals surface area contributed by atoms with Crippen LogP contribution < -0.4 is 58.5 Å². The Morgan fingerprint density at radius 1 is 0.291 bits per heavy atom. The quantitative estimate of drug-likeness (QED) is 0.0582. The van der Waals surface area contributed by atoms with E-state index in [4.69, 9.17) is 0 Å². The summed E-state index contributed by atoms with van der Waals surface area (Å²) in [5.41, 5.74) is -0.0344. The fourth-order valence-electron chi connectivity index (χ4n) is 26.1. The number of nitrogens with one attached hydrogen (secondary N) is 11. The van der Waals surface area contributed by atoms with E-state index in [9.17, 15) is 47.9 Å². The van der Waals surface area contributed by atoms with E-state index in [0.29, 0.717) is 71.4 Å². The van der Waals surface area contributed by atoms with Gasteiger partial charge in [0.15, 0.2) is 0 Å². The first-order valence-electron chi connectivity index (χ1n) is 57.0. The number of rotatable bonds is 19. The van der Waals surface area contributed by atoms with Crippen LogP contribution in [-0.4, -0.2) is 355 Å². The predicted octanol–water partition coefficient (Wildman–Crippen LogP) is 8.07. The molecule has 30 nitrogen and oxygen atoms in total. The first kappa shape index (κ1) is 111. The van der Waals surface area contributed by atoms with Crippen LogP contribution in [0.4, 0.5) is 0 Å². The molecule has 0 bridgehead atoms. The van der Waals surface area contributed by atoms with Crippen molar-refractivity contribution >= 4 is 59.1 Å². The first-order chi connectivity index (χ1) is 67.3. The van der Waals surface area contributed by atoms with Crippen molar-refractivity contribution in [1.82, 2.24) is 103 Å². The Labute approximate surface area is 849 Å². The lowest BCUT2D eigenvalue weighted by atomic mass is 9.91. The van der Waals surface area contributed by atoms with Crippen molar-refractivity contribution in [2.75, 3.05) is 156 Å². The molecule has 141 heavy (non-hydrogen) atoms. The van der Waals surface area contributed by atoms with Gasteiger partial charge < -0.3 is 103 Å². The maximum absolute atomic E-state index is 12.4. The van der Waals surface area contributed by atoms with Crippen LogP contribution in [-0.2, 0) is 47.9 Å². The lowest BCUT2D eigenvalue weighted by Crippen LogP contribution is -2.53. The molecule has 13 aliphatic carbocycles. The zero-order chi connectivity index (χ0) is 102. The number of carbonyl (C=O) groups is 10. The molecule has 23 rings (SSSR count). The minimum atomic E-state index is -0.0380. The van der Waals surface area contributed by atoms with Gasteiger partial charge >= 0.3 is 0 Å². The van der Waals surface area contributed by atoms with Crippen LogP contribution in [0, 0.1) is 124 Å². The highest BCUT2D eigenvalue weighted by molar-refractivity contribution is 5.87. The summed E-state index contributed by atoms with van der Waals surface area (Å²) in [4.78, 5) is 139. The molecule has 10 amide bonds. The summed E-state index contributed by atoms with van der Waals surface area (Å²) in [6, 6.07) is 2.82. The molecule has 30 atom stereocenters. The van der Waals surface area contributed by atoms with E-state index in [1.165, 1.54) is 122 Å². The van der Waals surface area contributed by atoms with E-state index in [0.717, 1.165) is 268 Å². The van der Waals surface area contributed by atoms with Crippen LogP contribution in [0.25, 0.3) is 0 Å². The molecule has 10 heterocycles. The number of fused-ring (bicyclic) bond motifs is 10. The molecular formula is C111H196N20O10. The molecule has 23 fully saturated rings. The van der Waals surface area contributed by atoms with Crippen molar-refractivity contribution in [3.8, 4) is 0 Å².